The van der Waals surface area contributed by atoms with Gasteiger partial charge in [0.05, 0.1) is 5.41 Å². The van der Waals surface area contributed by atoms with Gasteiger partial charge in [-0.15, -0.1) is 0 Å². The predicted molar refractivity (Wildman–Crippen MR) is 117 cm³/mol. The second kappa shape index (κ2) is 9.96. The molecule has 8 heteroatoms. The number of aryl methyl sites for hydroxylation is 1. The van der Waals surface area contributed by atoms with E-state index in [0.717, 1.165) is 24.9 Å². The molecule has 31 heavy (non-hydrogen) atoms. The normalized spacial score (nSPS) is 19.9. The number of hydrogen-bond donors (Lipinski definition) is 2. The molecule has 2 fully saturated rings. The van der Waals surface area contributed by atoms with Crippen molar-refractivity contribution >= 4 is 29.3 Å². The number of benzene rings is 1. The number of likely N-dealkylation sites (tertiary alicyclic amines) is 1. The zero-order chi connectivity index (χ0) is 22.4. The number of piperidine rings is 1. The number of carboxylic acid groups (broad SMARTS) is 1. The van der Waals surface area contributed by atoms with E-state index >= 15 is 0 Å². The van der Waals surface area contributed by atoms with Gasteiger partial charge in [-0.1, -0.05) is 18.2 Å². The third kappa shape index (κ3) is 5.25. The van der Waals surface area contributed by atoms with E-state index in [0.29, 0.717) is 32.4 Å². The molecule has 1 aromatic heterocycles. The minimum atomic E-state index is -0.381. The summed E-state index contributed by atoms with van der Waals surface area (Å²) in [4.78, 5) is 40.8. The third-order valence-electron chi connectivity index (χ3n) is 6.25. The van der Waals surface area contributed by atoms with E-state index in [1.807, 2.05) is 37.3 Å². The van der Waals surface area contributed by atoms with Crippen molar-refractivity contribution in [3.63, 3.8) is 0 Å². The fourth-order valence-electron chi connectivity index (χ4n) is 4.68. The van der Waals surface area contributed by atoms with Crippen LogP contribution in [0.2, 0.25) is 0 Å². The van der Waals surface area contributed by atoms with Crippen LogP contribution in [0.3, 0.4) is 0 Å². The summed E-state index contributed by atoms with van der Waals surface area (Å²) in [7, 11) is 3.99. The Morgan fingerprint density at radius 3 is 2.68 bits per heavy atom. The molecule has 1 amide bonds. The standard InChI is InChI=1S/C22H29N3O3.CH2O2/c1-24(2)15-17-13-22(21(27)28-17)9-11-25(12-10-22)20(26)8-7-16-14-23-19-6-4-3-5-18(16)19;2-1-3/h3-6,14,17,23H,7-13,15H2,1-2H3;1H,(H,2,3). The SMILES string of the molecule is CN(C)CC1CC2(CCN(C(=O)CCc3c[nH]c4ccccc34)CC2)C(=O)O1.O=CO. The molecule has 0 radical (unpaired) electrons. The molecule has 2 aromatic rings. The fourth-order valence-corrected chi connectivity index (χ4v) is 4.68. The summed E-state index contributed by atoms with van der Waals surface area (Å²) in [6.45, 7) is 1.81. The highest BCUT2D eigenvalue weighted by Crippen LogP contribution is 2.43. The Bertz CT molecular complexity index is 915. The highest BCUT2D eigenvalue weighted by molar-refractivity contribution is 5.84. The van der Waals surface area contributed by atoms with Crippen molar-refractivity contribution in [1.82, 2.24) is 14.8 Å². The smallest absolute Gasteiger partial charge is 0.312 e. The molecule has 2 N–H and O–H groups in total. The molecule has 1 spiro atoms. The number of fused-ring (bicyclic) bond motifs is 1. The van der Waals surface area contributed by atoms with Crippen LogP contribution in [-0.2, 0) is 25.5 Å². The summed E-state index contributed by atoms with van der Waals surface area (Å²) in [6, 6.07) is 8.17. The molecule has 8 nitrogen and oxygen atoms in total. The van der Waals surface area contributed by atoms with Gasteiger partial charge in [0.15, 0.2) is 0 Å². The third-order valence-corrected chi connectivity index (χ3v) is 6.25. The maximum atomic E-state index is 12.7. The van der Waals surface area contributed by atoms with Crippen LogP contribution in [0.25, 0.3) is 10.9 Å². The van der Waals surface area contributed by atoms with E-state index in [2.05, 4.69) is 22.0 Å². The molecule has 3 heterocycles. The van der Waals surface area contributed by atoms with Crippen LogP contribution in [0.1, 0.15) is 31.2 Å². The number of esters is 1. The first-order chi connectivity index (χ1) is 14.9. The molecular weight excluding hydrogens is 398 g/mol. The average Bonchev–Trinajstić information content (AvgIpc) is 3.28. The van der Waals surface area contributed by atoms with Crippen molar-refractivity contribution < 1.29 is 24.2 Å². The van der Waals surface area contributed by atoms with Crippen molar-refractivity contribution in [2.75, 3.05) is 33.7 Å². The molecular formula is C23H31N3O5. The average molecular weight is 430 g/mol. The van der Waals surface area contributed by atoms with Crippen LogP contribution in [0.15, 0.2) is 30.5 Å². The van der Waals surface area contributed by atoms with Crippen molar-refractivity contribution in [2.45, 2.75) is 38.2 Å². The summed E-state index contributed by atoms with van der Waals surface area (Å²) in [6.07, 6.45) is 5.43. The molecule has 1 aromatic carbocycles. The van der Waals surface area contributed by atoms with Crippen LogP contribution in [0, 0.1) is 5.41 Å². The number of amides is 1. The maximum Gasteiger partial charge on any atom is 0.312 e. The van der Waals surface area contributed by atoms with E-state index in [4.69, 9.17) is 14.6 Å². The van der Waals surface area contributed by atoms with Gasteiger partial charge in [-0.3, -0.25) is 14.4 Å². The van der Waals surface area contributed by atoms with Crippen LogP contribution in [0.5, 0.6) is 0 Å². The number of cyclic esters (lactones) is 1. The molecule has 2 saturated heterocycles. The van der Waals surface area contributed by atoms with Crippen LogP contribution in [0.4, 0.5) is 0 Å². The van der Waals surface area contributed by atoms with Gasteiger partial charge in [0.1, 0.15) is 6.10 Å². The molecule has 0 saturated carbocycles. The Balaban J connectivity index is 0.000000858. The lowest BCUT2D eigenvalue weighted by molar-refractivity contribution is -0.152. The Kier molecular flexibility index (Phi) is 7.33. The number of hydrogen-bond acceptors (Lipinski definition) is 5. The van der Waals surface area contributed by atoms with Crippen molar-refractivity contribution in [1.29, 1.82) is 0 Å². The van der Waals surface area contributed by atoms with Gasteiger partial charge in [0.2, 0.25) is 5.91 Å². The maximum absolute atomic E-state index is 12.7. The number of rotatable bonds is 5. The van der Waals surface area contributed by atoms with E-state index in [-0.39, 0.29) is 29.9 Å². The van der Waals surface area contributed by atoms with Gasteiger partial charge in [0, 0.05) is 49.6 Å². The molecule has 0 bridgehead atoms. The first-order valence-electron chi connectivity index (χ1n) is 10.6. The summed E-state index contributed by atoms with van der Waals surface area (Å²) in [5, 5.41) is 8.08. The number of nitrogens with one attached hydrogen (secondary N) is 1. The Morgan fingerprint density at radius 2 is 2.00 bits per heavy atom. The van der Waals surface area contributed by atoms with Crippen molar-refractivity contribution in [3.05, 3.63) is 36.0 Å². The number of carbonyl (C=O) groups is 3. The van der Waals surface area contributed by atoms with Gasteiger partial charge in [-0.2, -0.15) is 0 Å². The van der Waals surface area contributed by atoms with Gasteiger partial charge in [-0.25, -0.2) is 0 Å². The van der Waals surface area contributed by atoms with Crippen LogP contribution >= 0.6 is 0 Å². The molecule has 1 atom stereocenters. The number of nitrogens with zero attached hydrogens (tertiary/aromatic N) is 2. The monoisotopic (exact) mass is 429 g/mol. The molecule has 4 rings (SSSR count). The minimum absolute atomic E-state index is 0.0216. The number of aromatic nitrogens is 1. The van der Waals surface area contributed by atoms with Crippen LogP contribution < -0.4 is 0 Å². The number of para-hydroxylation sites is 1. The highest BCUT2D eigenvalue weighted by Gasteiger charge is 2.50. The number of ether oxygens (including phenoxy) is 1. The second-order valence-corrected chi connectivity index (χ2v) is 8.62. The van der Waals surface area contributed by atoms with Crippen molar-refractivity contribution in [2.24, 2.45) is 5.41 Å². The van der Waals surface area contributed by atoms with Gasteiger partial charge >= 0.3 is 5.97 Å². The van der Waals surface area contributed by atoms with E-state index in [9.17, 15) is 9.59 Å². The molecule has 2 aliphatic rings. The van der Waals surface area contributed by atoms with E-state index in [1.54, 1.807) is 0 Å². The first-order valence-corrected chi connectivity index (χ1v) is 10.6. The summed E-state index contributed by atoms with van der Waals surface area (Å²) in [5.74, 6) is 0.113. The molecule has 0 aliphatic carbocycles. The summed E-state index contributed by atoms with van der Waals surface area (Å²) < 4.78 is 5.61. The topological polar surface area (TPSA) is 103 Å². The fraction of sp³-hybridized carbons (Fsp3) is 0.522. The molecule has 1 unspecified atom stereocenters. The van der Waals surface area contributed by atoms with E-state index < -0.39 is 0 Å². The summed E-state index contributed by atoms with van der Waals surface area (Å²) in [5.41, 5.74) is 1.91. The Morgan fingerprint density at radius 1 is 1.32 bits per heavy atom. The minimum Gasteiger partial charge on any atom is -0.483 e. The zero-order valence-corrected chi connectivity index (χ0v) is 18.2. The van der Waals surface area contributed by atoms with Gasteiger partial charge in [0.25, 0.3) is 6.47 Å². The highest BCUT2D eigenvalue weighted by atomic mass is 16.6. The second-order valence-electron chi connectivity index (χ2n) is 8.62. The van der Waals surface area contributed by atoms with Gasteiger partial charge < -0.3 is 24.6 Å². The number of H-pyrrole nitrogens is 1. The number of carbonyl (C=O) groups excluding carboxylic acids is 2. The predicted octanol–water partition coefficient (Wildman–Crippen LogP) is 2.29. The summed E-state index contributed by atoms with van der Waals surface area (Å²) >= 11 is 0. The van der Waals surface area contributed by atoms with Gasteiger partial charge in [-0.05, 0) is 45.0 Å². The molecule has 168 valence electrons. The van der Waals surface area contributed by atoms with Crippen LogP contribution in [-0.4, -0.2) is 78.1 Å². The Hall–Kier alpha value is -2.87. The lowest BCUT2D eigenvalue weighted by Crippen LogP contribution is -2.45. The Labute approximate surface area is 182 Å². The quantitative estimate of drug-likeness (QED) is 0.558. The number of likely N-dealkylation sites (N-methyl/N-ethyl adjacent to an activating group) is 1. The number of aromatic amines is 1. The van der Waals surface area contributed by atoms with Crippen molar-refractivity contribution in [3.8, 4) is 0 Å². The van der Waals surface area contributed by atoms with E-state index in [1.165, 1.54) is 10.9 Å². The first kappa shape index (κ1) is 22.8. The lowest BCUT2D eigenvalue weighted by Gasteiger charge is -2.36. The lowest BCUT2D eigenvalue weighted by atomic mass is 9.76. The largest absolute Gasteiger partial charge is 0.483 e. The zero-order valence-electron chi connectivity index (χ0n) is 18.2. The molecule has 2 aliphatic heterocycles.